The fourth-order valence-electron chi connectivity index (χ4n) is 3.93. The average molecular weight is 486 g/mol. The van der Waals surface area contributed by atoms with Gasteiger partial charge in [-0.05, 0) is 50.5 Å². The lowest BCUT2D eigenvalue weighted by Gasteiger charge is -2.33. The smallest absolute Gasteiger partial charge is 0.365 e. The van der Waals surface area contributed by atoms with Crippen LogP contribution in [0.25, 0.3) is 0 Å². The molecule has 1 aromatic carbocycles. The number of carbonyl (C=O) groups excluding carboxylic acids is 2. The Morgan fingerprint density at radius 3 is 2.58 bits per heavy atom. The van der Waals surface area contributed by atoms with E-state index in [1.54, 1.807) is 13.0 Å². The zero-order chi connectivity index (χ0) is 23.7. The molecular formula is C24H24ClN3O4S. The number of esters is 2. The van der Waals surface area contributed by atoms with E-state index in [0.717, 1.165) is 22.6 Å². The van der Waals surface area contributed by atoms with E-state index in [9.17, 15) is 9.59 Å². The second-order valence-electron chi connectivity index (χ2n) is 7.90. The summed E-state index contributed by atoms with van der Waals surface area (Å²) in [5.74, 6) is -0.890. The Hall–Kier alpha value is -2.81. The summed E-state index contributed by atoms with van der Waals surface area (Å²) in [6, 6.07) is 8.53. The number of rotatable bonds is 5. The molecule has 33 heavy (non-hydrogen) atoms. The topological polar surface area (TPSA) is 81.6 Å². The molecule has 0 aliphatic carbocycles. The van der Waals surface area contributed by atoms with E-state index in [-0.39, 0.29) is 11.7 Å². The Bertz CT molecular complexity index is 1230. The molecule has 0 radical (unpaired) electrons. The van der Waals surface area contributed by atoms with Gasteiger partial charge in [0.15, 0.2) is 10.8 Å². The van der Waals surface area contributed by atoms with Crippen molar-refractivity contribution in [3.05, 3.63) is 74.1 Å². The summed E-state index contributed by atoms with van der Waals surface area (Å²) in [7, 11) is 1.38. The van der Waals surface area contributed by atoms with Gasteiger partial charge in [0, 0.05) is 23.0 Å². The maximum atomic E-state index is 12.7. The third-order valence-corrected chi connectivity index (χ3v) is 7.19. The lowest BCUT2D eigenvalue weighted by Crippen LogP contribution is -2.38. The Balaban J connectivity index is 1.55. The SMILES string of the molecule is COC(=O)C(c1ccccc1Cl)N1CCc2sc(OC(=O)c3nc(C)c(C)nc3C)cc2C1. The predicted octanol–water partition coefficient (Wildman–Crippen LogP) is 4.61. The molecule has 0 fully saturated rings. The Morgan fingerprint density at radius 1 is 1.12 bits per heavy atom. The number of ether oxygens (including phenoxy) is 2. The van der Waals surface area contributed by atoms with Gasteiger partial charge in [-0.25, -0.2) is 14.6 Å². The number of halogens is 1. The summed E-state index contributed by atoms with van der Waals surface area (Å²) in [6.07, 6.45) is 0.720. The first-order valence-corrected chi connectivity index (χ1v) is 11.7. The molecule has 3 heterocycles. The van der Waals surface area contributed by atoms with Gasteiger partial charge in [-0.15, -0.1) is 11.3 Å². The van der Waals surface area contributed by atoms with Gasteiger partial charge >= 0.3 is 11.9 Å². The lowest BCUT2D eigenvalue weighted by atomic mass is 10.0. The Labute approximate surface area is 201 Å². The van der Waals surface area contributed by atoms with Crippen LogP contribution in [0, 0.1) is 20.8 Å². The van der Waals surface area contributed by atoms with Crippen LogP contribution in [0.5, 0.6) is 5.06 Å². The van der Waals surface area contributed by atoms with Crippen molar-refractivity contribution in [2.75, 3.05) is 13.7 Å². The number of aromatic nitrogens is 2. The molecule has 1 atom stereocenters. The number of methoxy groups -OCH3 is 1. The molecule has 0 amide bonds. The van der Waals surface area contributed by atoms with E-state index in [4.69, 9.17) is 21.1 Å². The molecule has 1 aliphatic rings. The molecule has 2 aromatic heterocycles. The van der Waals surface area contributed by atoms with Crippen molar-refractivity contribution in [3.63, 3.8) is 0 Å². The van der Waals surface area contributed by atoms with E-state index in [1.807, 2.05) is 43.0 Å². The predicted molar refractivity (Wildman–Crippen MR) is 126 cm³/mol. The molecule has 1 aliphatic heterocycles. The molecule has 172 valence electrons. The maximum Gasteiger partial charge on any atom is 0.365 e. The van der Waals surface area contributed by atoms with Crippen molar-refractivity contribution in [2.24, 2.45) is 0 Å². The van der Waals surface area contributed by atoms with E-state index in [1.165, 1.54) is 18.4 Å². The first-order valence-electron chi connectivity index (χ1n) is 10.5. The van der Waals surface area contributed by atoms with Gasteiger partial charge < -0.3 is 9.47 Å². The fourth-order valence-corrected chi connectivity index (χ4v) is 5.18. The second-order valence-corrected chi connectivity index (χ2v) is 9.41. The number of nitrogens with zero attached hydrogens (tertiary/aromatic N) is 3. The summed E-state index contributed by atoms with van der Waals surface area (Å²) in [5.41, 5.74) is 3.96. The first kappa shape index (κ1) is 23.4. The van der Waals surface area contributed by atoms with Crippen LogP contribution in [0.4, 0.5) is 0 Å². The lowest BCUT2D eigenvalue weighted by molar-refractivity contribution is -0.147. The van der Waals surface area contributed by atoms with Gasteiger partial charge in [0.25, 0.3) is 0 Å². The summed E-state index contributed by atoms with van der Waals surface area (Å²) < 4.78 is 10.7. The van der Waals surface area contributed by atoms with Crippen LogP contribution >= 0.6 is 22.9 Å². The van der Waals surface area contributed by atoms with E-state index in [0.29, 0.717) is 40.1 Å². The molecule has 7 nitrogen and oxygen atoms in total. The van der Waals surface area contributed by atoms with Crippen molar-refractivity contribution in [1.82, 2.24) is 14.9 Å². The zero-order valence-electron chi connectivity index (χ0n) is 18.8. The number of thiophene rings is 1. The molecule has 0 saturated heterocycles. The molecule has 0 saturated carbocycles. The highest BCUT2D eigenvalue weighted by Gasteiger charge is 2.33. The number of aryl methyl sites for hydroxylation is 3. The standard InChI is InChI=1S/C24H24ClN3O4S/c1-13-14(2)27-21(15(3)26-13)23(29)32-20-11-16-12-28(10-9-19(16)33-20)22(24(30)31-4)17-7-5-6-8-18(17)25/h5-8,11,22H,9-10,12H2,1-4H3. The van der Waals surface area contributed by atoms with Crippen molar-refractivity contribution >= 4 is 34.9 Å². The summed E-state index contributed by atoms with van der Waals surface area (Å²) >= 11 is 7.83. The molecule has 9 heteroatoms. The molecule has 3 aromatic rings. The van der Waals surface area contributed by atoms with Crippen LogP contribution in [0.1, 0.15) is 49.6 Å². The quantitative estimate of drug-likeness (QED) is 0.488. The monoisotopic (exact) mass is 485 g/mol. The molecule has 0 N–H and O–H groups in total. The summed E-state index contributed by atoms with van der Waals surface area (Å²) in [6.45, 7) is 6.57. The van der Waals surface area contributed by atoms with Crippen molar-refractivity contribution in [3.8, 4) is 5.06 Å². The van der Waals surface area contributed by atoms with Crippen LogP contribution < -0.4 is 4.74 Å². The highest BCUT2D eigenvalue weighted by molar-refractivity contribution is 7.14. The molecule has 4 rings (SSSR count). The van der Waals surface area contributed by atoms with Crippen molar-refractivity contribution in [1.29, 1.82) is 0 Å². The van der Waals surface area contributed by atoms with E-state index >= 15 is 0 Å². The summed E-state index contributed by atoms with van der Waals surface area (Å²) in [5, 5.41) is 1.02. The number of hydrogen-bond donors (Lipinski definition) is 0. The van der Waals surface area contributed by atoms with Crippen molar-refractivity contribution in [2.45, 2.75) is 39.8 Å². The molecule has 1 unspecified atom stereocenters. The second kappa shape index (κ2) is 9.59. The van der Waals surface area contributed by atoms with Gasteiger partial charge in [0.2, 0.25) is 0 Å². The van der Waals surface area contributed by atoms with Gasteiger partial charge in [-0.2, -0.15) is 0 Å². The summed E-state index contributed by atoms with van der Waals surface area (Å²) in [4.78, 5) is 37.3. The number of fused-ring (bicyclic) bond motifs is 1. The Kier molecular flexibility index (Phi) is 6.78. The van der Waals surface area contributed by atoms with Gasteiger partial charge in [0.05, 0.1) is 24.2 Å². The van der Waals surface area contributed by atoms with Crippen LogP contribution in [0.15, 0.2) is 30.3 Å². The van der Waals surface area contributed by atoms with Crippen LogP contribution in [0.2, 0.25) is 5.02 Å². The largest absolute Gasteiger partial charge is 0.468 e. The fraction of sp³-hybridized carbons (Fsp3) is 0.333. The van der Waals surface area contributed by atoms with Gasteiger partial charge in [-0.3, -0.25) is 9.88 Å². The number of benzene rings is 1. The first-order chi connectivity index (χ1) is 15.8. The maximum absolute atomic E-state index is 12.7. The normalized spacial score (nSPS) is 14.5. The van der Waals surface area contributed by atoms with Crippen LogP contribution in [0.3, 0.4) is 0 Å². The highest BCUT2D eigenvalue weighted by atomic mass is 35.5. The zero-order valence-corrected chi connectivity index (χ0v) is 20.4. The minimum atomic E-state index is -0.615. The molecule has 0 spiro atoms. The number of hydrogen-bond acceptors (Lipinski definition) is 8. The minimum Gasteiger partial charge on any atom is -0.468 e. The number of carbonyl (C=O) groups is 2. The van der Waals surface area contributed by atoms with Gasteiger partial charge in [-0.1, -0.05) is 29.8 Å². The van der Waals surface area contributed by atoms with Gasteiger partial charge in [0.1, 0.15) is 6.04 Å². The van der Waals surface area contributed by atoms with Crippen LogP contribution in [-0.4, -0.2) is 40.5 Å². The molecular weight excluding hydrogens is 462 g/mol. The van der Waals surface area contributed by atoms with Crippen LogP contribution in [-0.2, 0) is 22.5 Å². The average Bonchev–Trinajstić information content (AvgIpc) is 3.19. The third-order valence-electron chi connectivity index (χ3n) is 5.73. The third kappa shape index (κ3) is 4.78. The molecule has 0 bridgehead atoms. The van der Waals surface area contributed by atoms with Crippen molar-refractivity contribution < 1.29 is 19.1 Å². The van der Waals surface area contributed by atoms with E-state index in [2.05, 4.69) is 9.97 Å². The minimum absolute atomic E-state index is 0.218. The van der Waals surface area contributed by atoms with E-state index < -0.39 is 12.0 Å². The highest BCUT2D eigenvalue weighted by Crippen LogP contribution is 2.38. The Morgan fingerprint density at radius 2 is 1.85 bits per heavy atom.